The molecule has 3 aromatic rings. The van der Waals surface area contributed by atoms with Gasteiger partial charge in [-0.2, -0.15) is 14.8 Å². The highest BCUT2D eigenvalue weighted by Crippen LogP contribution is 2.20. The van der Waals surface area contributed by atoms with Gasteiger partial charge in [-0.05, 0) is 34.7 Å². The average Bonchev–Trinajstić information content (AvgIpc) is 2.83. The minimum Gasteiger partial charge on any atom is -0.422 e. The first-order chi connectivity index (χ1) is 7.72. The van der Waals surface area contributed by atoms with E-state index >= 15 is 0 Å². The highest BCUT2D eigenvalue weighted by molar-refractivity contribution is 14.1. The first kappa shape index (κ1) is 9.64. The summed E-state index contributed by atoms with van der Waals surface area (Å²) in [5.74, 6) is 0. The maximum Gasteiger partial charge on any atom is 0.323 e. The minimum atomic E-state index is 0.448. The predicted octanol–water partition coefficient (Wildman–Crippen LogP) is 2.20. The van der Waals surface area contributed by atoms with Crippen molar-refractivity contribution in [2.45, 2.75) is 0 Å². The van der Waals surface area contributed by atoms with Gasteiger partial charge in [0, 0.05) is 18.0 Å². The average molecular weight is 326 g/mol. The summed E-state index contributed by atoms with van der Waals surface area (Å²) in [5, 5.41) is 4.13. The summed E-state index contributed by atoms with van der Waals surface area (Å²) in [7, 11) is 0. The summed E-state index contributed by atoms with van der Waals surface area (Å²) < 4.78 is 8.18. The Kier molecular flexibility index (Phi) is 2.10. The van der Waals surface area contributed by atoms with Crippen LogP contribution in [-0.4, -0.2) is 14.8 Å². The second-order valence-corrected chi connectivity index (χ2v) is 4.57. The zero-order valence-electron chi connectivity index (χ0n) is 8.09. The van der Waals surface area contributed by atoms with E-state index < -0.39 is 0 Å². The van der Waals surface area contributed by atoms with Gasteiger partial charge in [0.1, 0.15) is 5.52 Å². The van der Waals surface area contributed by atoms with Crippen LogP contribution in [0.4, 0.5) is 5.69 Å². The smallest absolute Gasteiger partial charge is 0.323 e. The van der Waals surface area contributed by atoms with Gasteiger partial charge in [0.2, 0.25) is 0 Å². The van der Waals surface area contributed by atoms with Crippen molar-refractivity contribution >= 4 is 39.4 Å². The molecular weight excluding hydrogens is 319 g/mol. The Morgan fingerprint density at radius 3 is 3.00 bits per heavy atom. The summed E-state index contributed by atoms with van der Waals surface area (Å²) in [6, 6.07) is 5.82. The van der Waals surface area contributed by atoms with Gasteiger partial charge in [0.25, 0.3) is 0 Å². The number of nitrogens with two attached hydrogens (primary N) is 1. The Bertz CT molecular complexity index is 658. The molecule has 0 amide bonds. The standard InChI is InChI=1S/C10H7IN4O/c11-6-4-13-15(5-6)10-14-8-2-1-7(12)3-9(8)16-10/h1-5H,12H2. The number of nitrogens with zero attached hydrogens (tertiary/aromatic N) is 3. The van der Waals surface area contributed by atoms with E-state index in [9.17, 15) is 0 Å². The molecule has 5 nitrogen and oxygen atoms in total. The molecule has 0 saturated heterocycles. The van der Waals surface area contributed by atoms with Crippen LogP contribution in [0.25, 0.3) is 17.1 Å². The molecule has 1 aromatic carbocycles. The third-order valence-corrected chi connectivity index (χ3v) is 2.71. The summed E-state index contributed by atoms with van der Waals surface area (Å²) in [5.41, 5.74) is 7.76. The molecule has 16 heavy (non-hydrogen) atoms. The maximum atomic E-state index is 5.66. The molecule has 0 aliphatic carbocycles. The number of hydrogen-bond acceptors (Lipinski definition) is 4. The molecular formula is C10H7IN4O. The number of rotatable bonds is 1. The molecule has 0 aliphatic heterocycles. The Balaban J connectivity index is 2.18. The molecule has 0 atom stereocenters. The van der Waals surface area contributed by atoms with Crippen LogP contribution in [-0.2, 0) is 0 Å². The quantitative estimate of drug-likeness (QED) is 0.550. The highest BCUT2D eigenvalue weighted by Gasteiger charge is 2.08. The van der Waals surface area contributed by atoms with Crippen molar-refractivity contribution in [3.05, 3.63) is 34.2 Å². The van der Waals surface area contributed by atoms with Crippen LogP contribution in [0.15, 0.2) is 35.0 Å². The third kappa shape index (κ3) is 1.54. The third-order valence-electron chi connectivity index (χ3n) is 2.15. The zero-order chi connectivity index (χ0) is 11.1. The van der Waals surface area contributed by atoms with Crippen LogP contribution < -0.4 is 5.73 Å². The van der Waals surface area contributed by atoms with E-state index in [1.54, 1.807) is 23.0 Å². The SMILES string of the molecule is Nc1ccc2nc(-n3cc(I)cn3)oc2c1. The lowest BCUT2D eigenvalue weighted by Crippen LogP contribution is -1.93. The van der Waals surface area contributed by atoms with Crippen molar-refractivity contribution in [3.8, 4) is 6.01 Å². The topological polar surface area (TPSA) is 69.9 Å². The van der Waals surface area contributed by atoms with Gasteiger partial charge < -0.3 is 10.2 Å². The van der Waals surface area contributed by atoms with E-state index in [4.69, 9.17) is 10.2 Å². The molecule has 0 fully saturated rings. The second-order valence-electron chi connectivity index (χ2n) is 3.33. The Morgan fingerprint density at radius 2 is 2.25 bits per heavy atom. The molecule has 0 spiro atoms. The van der Waals surface area contributed by atoms with Crippen LogP contribution in [0.1, 0.15) is 0 Å². The maximum absolute atomic E-state index is 5.66. The lowest BCUT2D eigenvalue weighted by Gasteiger charge is -1.90. The van der Waals surface area contributed by atoms with Crippen LogP contribution in [0, 0.1) is 3.57 Å². The summed E-state index contributed by atoms with van der Waals surface area (Å²) >= 11 is 2.18. The fourth-order valence-electron chi connectivity index (χ4n) is 1.43. The molecule has 0 unspecified atom stereocenters. The van der Waals surface area contributed by atoms with E-state index in [-0.39, 0.29) is 0 Å². The molecule has 2 N–H and O–H groups in total. The van der Waals surface area contributed by atoms with Gasteiger partial charge in [0.05, 0.1) is 9.77 Å². The lowest BCUT2D eigenvalue weighted by molar-refractivity contribution is 0.543. The highest BCUT2D eigenvalue weighted by atomic mass is 127. The van der Waals surface area contributed by atoms with Crippen molar-refractivity contribution in [1.82, 2.24) is 14.8 Å². The van der Waals surface area contributed by atoms with Gasteiger partial charge in [0.15, 0.2) is 5.58 Å². The number of benzene rings is 1. The van der Waals surface area contributed by atoms with Crippen molar-refractivity contribution in [1.29, 1.82) is 0 Å². The first-order valence-corrected chi connectivity index (χ1v) is 5.67. The Labute approximate surface area is 104 Å². The van der Waals surface area contributed by atoms with Crippen LogP contribution in [0.3, 0.4) is 0 Å². The fourth-order valence-corrected chi connectivity index (χ4v) is 1.82. The van der Waals surface area contributed by atoms with Crippen molar-refractivity contribution in [2.75, 3.05) is 5.73 Å². The van der Waals surface area contributed by atoms with Gasteiger partial charge in [-0.3, -0.25) is 0 Å². The molecule has 80 valence electrons. The molecule has 0 radical (unpaired) electrons. The number of hydrogen-bond donors (Lipinski definition) is 1. The Hall–Kier alpha value is -1.57. The number of fused-ring (bicyclic) bond motifs is 1. The van der Waals surface area contributed by atoms with Crippen LogP contribution in [0.5, 0.6) is 0 Å². The van der Waals surface area contributed by atoms with Crippen LogP contribution >= 0.6 is 22.6 Å². The number of halogens is 1. The van der Waals surface area contributed by atoms with E-state index in [0.717, 1.165) is 9.09 Å². The number of oxazole rings is 1. The number of aromatic nitrogens is 3. The Morgan fingerprint density at radius 1 is 1.38 bits per heavy atom. The van der Waals surface area contributed by atoms with Crippen molar-refractivity contribution in [2.24, 2.45) is 0 Å². The molecule has 0 bridgehead atoms. The van der Waals surface area contributed by atoms with E-state index in [2.05, 4.69) is 32.7 Å². The molecule has 2 aromatic heterocycles. The zero-order valence-corrected chi connectivity index (χ0v) is 10.2. The molecule has 3 rings (SSSR count). The largest absolute Gasteiger partial charge is 0.422 e. The van der Waals surface area contributed by atoms with Crippen molar-refractivity contribution in [3.63, 3.8) is 0 Å². The summed E-state index contributed by atoms with van der Waals surface area (Å²) in [6.07, 6.45) is 3.58. The predicted molar refractivity (Wildman–Crippen MR) is 68.3 cm³/mol. The van der Waals surface area contributed by atoms with Gasteiger partial charge >= 0.3 is 6.01 Å². The normalized spacial score (nSPS) is 11.1. The molecule has 6 heteroatoms. The van der Waals surface area contributed by atoms with Crippen LogP contribution in [0.2, 0.25) is 0 Å². The fraction of sp³-hybridized carbons (Fsp3) is 0. The monoisotopic (exact) mass is 326 g/mol. The van der Waals surface area contributed by atoms with Gasteiger partial charge in [-0.25, -0.2) is 0 Å². The number of nitrogen functional groups attached to an aromatic ring is 1. The number of anilines is 1. The summed E-state index contributed by atoms with van der Waals surface area (Å²) in [4.78, 5) is 4.31. The second kappa shape index (κ2) is 3.48. The van der Waals surface area contributed by atoms with Gasteiger partial charge in [-0.1, -0.05) is 0 Å². The molecule has 0 saturated carbocycles. The van der Waals surface area contributed by atoms with Gasteiger partial charge in [-0.15, -0.1) is 0 Å². The molecule has 0 aliphatic rings. The molecule has 2 heterocycles. The first-order valence-electron chi connectivity index (χ1n) is 4.59. The minimum absolute atomic E-state index is 0.448. The van der Waals surface area contributed by atoms with E-state index in [1.807, 2.05) is 12.3 Å². The summed E-state index contributed by atoms with van der Waals surface area (Å²) in [6.45, 7) is 0. The lowest BCUT2D eigenvalue weighted by atomic mass is 10.3. The van der Waals surface area contributed by atoms with E-state index in [1.165, 1.54) is 0 Å². The van der Waals surface area contributed by atoms with E-state index in [0.29, 0.717) is 17.3 Å². The van der Waals surface area contributed by atoms with Crippen molar-refractivity contribution < 1.29 is 4.42 Å².